The van der Waals surface area contributed by atoms with Crippen LogP contribution in [-0.4, -0.2) is 5.91 Å². The van der Waals surface area contributed by atoms with Crippen LogP contribution in [0.3, 0.4) is 0 Å². The highest BCUT2D eigenvalue weighted by Gasteiger charge is 2.04. The van der Waals surface area contributed by atoms with Gasteiger partial charge in [0.05, 0.1) is 11.4 Å². The molecule has 0 aliphatic rings. The monoisotopic (exact) mass is 273 g/mol. The molecule has 0 saturated heterocycles. The molecule has 0 atom stereocenters. The molecule has 0 aliphatic carbocycles. The van der Waals surface area contributed by atoms with E-state index in [9.17, 15) is 4.79 Å². The molecular weight excluding hydrogens is 262 g/mol. The number of carbonyl (C=O) groups excluding carboxylic acids is 1. The number of carbonyl (C=O) groups is 1. The molecule has 2 aromatic carbocycles. The molecular formula is C14H12ClN3O. The molecule has 0 spiro atoms. The Kier molecular flexibility index (Phi) is 4.26. The standard InChI is InChI=1S/C14H12ClN3O/c1-10(19)16-13-8-7-11(15)9-14(13)18-17-12-5-3-2-4-6-12/h2-9H,1H3,(H,16,19). The molecule has 0 fully saturated rings. The average Bonchev–Trinajstić information content (AvgIpc) is 2.40. The smallest absolute Gasteiger partial charge is 0.221 e. The Morgan fingerprint density at radius 3 is 2.53 bits per heavy atom. The maximum atomic E-state index is 11.1. The molecule has 2 rings (SSSR count). The van der Waals surface area contributed by atoms with Gasteiger partial charge in [0.15, 0.2) is 0 Å². The summed E-state index contributed by atoms with van der Waals surface area (Å²) in [7, 11) is 0. The maximum absolute atomic E-state index is 11.1. The maximum Gasteiger partial charge on any atom is 0.221 e. The molecule has 0 radical (unpaired) electrons. The average molecular weight is 274 g/mol. The van der Waals surface area contributed by atoms with Crippen molar-refractivity contribution in [3.8, 4) is 0 Å². The van der Waals surface area contributed by atoms with Crippen molar-refractivity contribution in [3.05, 3.63) is 53.6 Å². The number of hydrogen-bond donors (Lipinski definition) is 1. The zero-order valence-electron chi connectivity index (χ0n) is 10.3. The van der Waals surface area contributed by atoms with Gasteiger partial charge in [0.1, 0.15) is 5.69 Å². The number of azo groups is 1. The molecule has 0 heterocycles. The second-order valence-electron chi connectivity index (χ2n) is 3.88. The lowest BCUT2D eigenvalue weighted by molar-refractivity contribution is -0.114. The molecule has 0 unspecified atom stereocenters. The first kappa shape index (κ1) is 13.2. The summed E-state index contributed by atoms with van der Waals surface area (Å²) in [4.78, 5) is 11.1. The Morgan fingerprint density at radius 1 is 1.11 bits per heavy atom. The van der Waals surface area contributed by atoms with E-state index in [1.807, 2.05) is 30.3 Å². The van der Waals surface area contributed by atoms with Crippen LogP contribution in [0.25, 0.3) is 0 Å². The largest absolute Gasteiger partial charge is 0.324 e. The predicted octanol–water partition coefficient (Wildman–Crippen LogP) is 4.71. The van der Waals surface area contributed by atoms with E-state index in [0.29, 0.717) is 16.4 Å². The molecule has 2 aromatic rings. The molecule has 0 aromatic heterocycles. The fourth-order valence-electron chi connectivity index (χ4n) is 1.49. The number of amides is 1. The zero-order chi connectivity index (χ0) is 13.7. The van der Waals surface area contributed by atoms with Gasteiger partial charge in [0, 0.05) is 11.9 Å². The first-order valence-corrected chi connectivity index (χ1v) is 6.07. The first-order valence-electron chi connectivity index (χ1n) is 5.69. The Hall–Kier alpha value is -2.20. The van der Waals surface area contributed by atoms with E-state index >= 15 is 0 Å². The molecule has 0 bridgehead atoms. The van der Waals surface area contributed by atoms with E-state index in [0.717, 1.165) is 5.69 Å². The van der Waals surface area contributed by atoms with Crippen LogP contribution < -0.4 is 5.32 Å². The molecule has 0 aliphatic heterocycles. The SMILES string of the molecule is CC(=O)Nc1ccc(Cl)cc1N=Nc1ccccc1. The van der Waals surface area contributed by atoms with Crippen LogP contribution in [0.4, 0.5) is 17.1 Å². The summed E-state index contributed by atoms with van der Waals surface area (Å²) in [6, 6.07) is 14.4. The fourth-order valence-corrected chi connectivity index (χ4v) is 1.66. The third-order valence-electron chi connectivity index (χ3n) is 2.30. The minimum atomic E-state index is -0.168. The fraction of sp³-hybridized carbons (Fsp3) is 0.0714. The molecule has 19 heavy (non-hydrogen) atoms. The topological polar surface area (TPSA) is 53.8 Å². The lowest BCUT2D eigenvalue weighted by Crippen LogP contribution is -2.05. The number of hydrogen-bond acceptors (Lipinski definition) is 3. The molecule has 1 N–H and O–H groups in total. The van der Waals surface area contributed by atoms with E-state index < -0.39 is 0 Å². The number of nitrogens with zero attached hydrogens (tertiary/aromatic N) is 2. The normalized spacial score (nSPS) is 10.6. The van der Waals surface area contributed by atoms with E-state index in [2.05, 4.69) is 15.5 Å². The second-order valence-corrected chi connectivity index (χ2v) is 4.31. The van der Waals surface area contributed by atoms with Gasteiger partial charge in [-0.2, -0.15) is 5.11 Å². The van der Waals surface area contributed by atoms with Gasteiger partial charge in [-0.25, -0.2) is 0 Å². The van der Waals surface area contributed by atoms with Gasteiger partial charge in [-0.05, 0) is 30.3 Å². The number of halogens is 1. The lowest BCUT2D eigenvalue weighted by atomic mass is 10.2. The van der Waals surface area contributed by atoms with Gasteiger partial charge in [-0.15, -0.1) is 5.11 Å². The van der Waals surface area contributed by atoms with Gasteiger partial charge >= 0.3 is 0 Å². The first-order chi connectivity index (χ1) is 9.15. The van der Waals surface area contributed by atoms with Crippen LogP contribution in [0.1, 0.15) is 6.92 Å². The van der Waals surface area contributed by atoms with Crippen molar-refractivity contribution in [3.63, 3.8) is 0 Å². The third kappa shape index (κ3) is 3.89. The van der Waals surface area contributed by atoms with Gasteiger partial charge in [-0.1, -0.05) is 29.8 Å². The summed E-state index contributed by atoms with van der Waals surface area (Å²) >= 11 is 5.92. The van der Waals surface area contributed by atoms with E-state index in [-0.39, 0.29) is 5.91 Å². The number of rotatable bonds is 3. The number of nitrogens with one attached hydrogen (secondary N) is 1. The predicted molar refractivity (Wildman–Crippen MR) is 76.4 cm³/mol. The third-order valence-corrected chi connectivity index (χ3v) is 2.53. The Bertz CT molecular complexity index is 611. The summed E-state index contributed by atoms with van der Waals surface area (Å²) in [5.74, 6) is -0.168. The van der Waals surface area contributed by atoms with Crippen LogP contribution in [0.2, 0.25) is 5.02 Å². The lowest BCUT2D eigenvalue weighted by Gasteiger charge is -2.05. The highest BCUT2D eigenvalue weighted by Crippen LogP contribution is 2.30. The summed E-state index contributed by atoms with van der Waals surface area (Å²) in [5, 5.41) is 11.4. The highest BCUT2D eigenvalue weighted by molar-refractivity contribution is 6.31. The van der Waals surface area contributed by atoms with E-state index in [1.54, 1.807) is 18.2 Å². The highest BCUT2D eigenvalue weighted by atomic mass is 35.5. The summed E-state index contributed by atoms with van der Waals surface area (Å²) in [5.41, 5.74) is 1.83. The minimum Gasteiger partial charge on any atom is -0.324 e. The molecule has 4 nitrogen and oxygen atoms in total. The minimum absolute atomic E-state index is 0.168. The number of benzene rings is 2. The van der Waals surface area contributed by atoms with Crippen molar-refractivity contribution < 1.29 is 4.79 Å². The van der Waals surface area contributed by atoms with Crippen molar-refractivity contribution in [1.82, 2.24) is 0 Å². The summed E-state index contributed by atoms with van der Waals surface area (Å²) < 4.78 is 0. The molecule has 5 heteroatoms. The van der Waals surface area contributed by atoms with Crippen molar-refractivity contribution in [2.75, 3.05) is 5.32 Å². The van der Waals surface area contributed by atoms with Gasteiger partial charge in [0.2, 0.25) is 5.91 Å². The zero-order valence-corrected chi connectivity index (χ0v) is 11.1. The molecule has 96 valence electrons. The van der Waals surface area contributed by atoms with Crippen molar-refractivity contribution >= 4 is 34.6 Å². The Balaban J connectivity index is 2.30. The van der Waals surface area contributed by atoms with Crippen LogP contribution in [0, 0.1) is 0 Å². The number of anilines is 1. The van der Waals surface area contributed by atoms with Crippen molar-refractivity contribution in [2.45, 2.75) is 6.92 Å². The quantitative estimate of drug-likeness (QED) is 0.809. The van der Waals surface area contributed by atoms with Crippen LogP contribution in [0.5, 0.6) is 0 Å². The van der Waals surface area contributed by atoms with E-state index in [4.69, 9.17) is 11.6 Å². The Morgan fingerprint density at radius 2 is 1.84 bits per heavy atom. The van der Waals surface area contributed by atoms with Gasteiger partial charge in [0.25, 0.3) is 0 Å². The Labute approximate surface area is 116 Å². The van der Waals surface area contributed by atoms with Crippen LogP contribution >= 0.6 is 11.6 Å². The summed E-state index contributed by atoms with van der Waals surface area (Å²) in [6.07, 6.45) is 0. The van der Waals surface area contributed by atoms with Crippen molar-refractivity contribution in [2.24, 2.45) is 10.2 Å². The van der Waals surface area contributed by atoms with E-state index in [1.165, 1.54) is 6.92 Å². The summed E-state index contributed by atoms with van der Waals surface area (Å²) in [6.45, 7) is 1.44. The molecule has 1 amide bonds. The molecule has 0 saturated carbocycles. The van der Waals surface area contributed by atoms with Gasteiger partial charge in [-0.3, -0.25) is 4.79 Å². The van der Waals surface area contributed by atoms with Gasteiger partial charge < -0.3 is 5.32 Å². The van der Waals surface area contributed by atoms with Crippen LogP contribution in [0.15, 0.2) is 58.8 Å². The van der Waals surface area contributed by atoms with Crippen LogP contribution in [-0.2, 0) is 4.79 Å². The van der Waals surface area contributed by atoms with Crippen molar-refractivity contribution in [1.29, 1.82) is 0 Å². The second kappa shape index (κ2) is 6.11.